The molecule has 1 amide bonds. The van der Waals surface area contributed by atoms with E-state index in [4.69, 9.17) is 20.6 Å². The van der Waals surface area contributed by atoms with Crippen LogP contribution in [0.5, 0.6) is 11.5 Å². The topological polar surface area (TPSA) is 147 Å². The third-order valence-corrected chi connectivity index (χ3v) is 5.94. The largest absolute Gasteiger partial charge is 0.493 e. The molecule has 4 aromatic carbocycles. The lowest BCUT2D eigenvalue weighted by molar-refractivity contribution is -0.117. The van der Waals surface area contributed by atoms with Crippen LogP contribution in [0.1, 0.15) is 33.1 Å². The number of amidine groups is 1. The first-order chi connectivity index (χ1) is 18.9. The summed E-state index contributed by atoms with van der Waals surface area (Å²) in [5, 5.41) is 23.1. The second kappa shape index (κ2) is 12.3. The number of ether oxygens (including phenoxy) is 2. The van der Waals surface area contributed by atoms with Crippen molar-refractivity contribution in [2.24, 2.45) is 5.73 Å². The number of nitrogens with one attached hydrogen (secondary N) is 3. The number of hydrogen-bond donors (Lipinski definition) is 5. The molecule has 0 aliphatic carbocycles. The summed E-state index contributed by atoms with van der Waals surface area (Å²) >= 11 is 0. The molecule has 0 aromatic heterocycles. The van der Waals surface area contributed by atoms with Gasteiger partial charge in [0.25, 0.3) is 5.91 Å². The number of carboxylic acids is 1. The summed E-state index contributed by atoms with van der Waals surface area (Å²) in [6, 6.07) is 26.9. The van der Waals surface area contributed by atoms with Crippen LogP contribution < -0.4 is 25.8 Å². The van der Waals surface area contributed by atoms with Crippen LogP contribution in [0.25, 0.3) is 0 Å². The summed E-state index contributed by atoms with van der Waals surface area (Å²) in [5.74, 6) is -0.777. The zero-order valence-corrected chi connectivity index (χ0v) is 21.2. The number of carbonyl (C=O) groups is 2. The molecule has 9 nitrogen and oxygen atoms in total. The zero-order valence-electron chi connectivity index (χ0n) is 21.2. The number of benzene rings is 4. The average Bonchev–Trinajstić information content (AvgIpc) is 2.95. The van der Waals surface area contributed by atoms with Crippen LogP contribution in [0, 0.1) is 5.41 Å². The van der Waals surface area contributed by atoms with E-state index in [2.05, 4.69) is 10.6 Å². The normalized spacial score (nSPS) is 11.2. The summed E-state index contributed by atoms with van der Waals surface area (Å²) in [7, 11) is 1.51. The molecule has 4 aromatic rings. The molecule has 0 radical (unpaired) electrons. The Balaban J connectivity index is 1.65. The van der Waals surface area contributed by atoms with E-state index in [0.717, 1.165) is 5.56 Å². The van der Waals surface area contributed by atoms with Crippen molar-refractivity contribution in [2.75, 3.05) is 17.7 Å². The predicted octanol–water partition coefficient (Wildman–Crippen LogP) is 5.05. The first-order valence-corrected chi connectivity index (χ1v) is 12.0. The van der Waals surface area contributed by atoms with Gasteiger partial charge in [0.1, 0.15) is 18.5 Å². The summed E-state index contributed by atoms with van der Waals surface area (Å²) in [6.45, 7) is 0.340. The molecule has 0 saturated heterocycles. The predicted molar refractivity (Wildman–Crippen MR) is 150 cm³/mol. The molecule has 0 spiro atoms. The highest BCUT2D eigenvalue weighted by Gasteiger charge is 2.24. The molecule has 0 aliphatic heterocycles. The van der Waals surface area contributed by atoms with Gasteiger partial charge in [-0.25, -0.2) is 4.79 Å². The maximum Gasteiger partial charge on any atom is 0.337 e. The molecular weight excluding hydrogens is 496 g/mol. The first-order valence-electron chi connectivity index (χ1n) is 12.0. The van der Waals surface area contributed by atoms with Crippen molar-refractivity contribution in [1.82, 2.24) is 0 Å². The molecule has 4 rings (SSSR count). The minimum absolute atomic E-state index is 0.0300. The Labute approximate surface area is 225 Å². The molecular formula is C30H28N4O5. The SMILES string of the molecule is COc1cc(C(Nc2ccc(C(=N)N)cc2)C(=O)Nc2ccccc2C(=O)O)ccc1OCc1ccccc1. The van der Waals surface area contributed by atoms with Crippen LogP contribution in [-0.2, 0) is 11.4 Å². The third kappa shape index (κ3) is 6.72. The van der Waals surface area contributed by atoms with Crippen LogP contribution in [0.3, 0.4) is 0 Å². The van der Waals surface area contributed by atoms with E-state index >= 15 is 0 Å². The average molecular weight is 525 g/mol. The smallest absolute Gasteiger partial charge is 0.337 e. The summed E-state index contributed by atoms with van der Waals surface area (Å²) in [6.07, 6.45) is 0. The fraction of sp³-hybridized carbons (Fsp3) is 0.100. The fourth-order valence-electron chi connectivity index (χ4n) is 3.91. The van der Waals surface area contributed by atoms with E-state index < -0.39 is 17.9 Å². The molecule has 0 heterocycles. The van der Waals surface area contributed by atoms with Crippen molar-refractivity contribution in [3.63, 3.8) is 0 Å². The lowest BCUT2D eigenvalue weighted by atomic mass is 10.0. The fourth-order valence-corrected chi connectivity index (χ4v) is 3.91. The van der Waals surface area contributed by atoms with Gasteiger partial charge in [0.05, 0.1) is 18.4 Å². The number of amides is 1. The molecule has 39 heavy (non-hydrogen) atoms. The molecule has 0 saturated carbocycles. The van der Waals surface area contributed by atoms with Crippen LogP contribution in [0.4, 0.5) is 11.4 Å². The minimum atomic E-state index is -1.16. The van der Waals surface area contributed by atoms with Crippen molar-refractivity contribution < 1.29 is 24.2 Å². The van der Waals surface area contributed by atoms with Gasteiger partial charge in [0.15, 0.2) is 11.5 Å². The summed E-state index contributed by atoms with van der Waals surface area (Å²) < 4.78 is 11.5. The molecule has 0 aliphatic rings. The molecule has 6 N–H and O–H groups in total. The number of nitrogen functional groups attached to an aromatic ring is 1. The van der Waals surface area contributed by atoms with Gasteiger partial charge in [0, 0.05) is 11.3 Å². The van der Waals surface area contributed by atoms with Gasteiger partial charge >= 0.3 is 5.97 Å². The van der Waals surface area contributed by atoms with Gasteiger partial charge in [-0.05, 0) is 59.7 Å². The van der Waals surface area contributed by atoms with Crippen LogP contribution >= 0.6 is 0 Å². The third-order valence-electron chi connectivity index (χ3n) is 5.94. The Bertz CT molecular complexity index is 1470. The second-order valence-electron chi connectivity index (χ2n) is 8.59. The molecule has 198 valence electrons. The highest BCUT2D eigenvalue weighted by atomic mass is 16.5. The van der Waals surface area contributed by atoms with Gasteiger partial charge < -0.3 is 30.9 Å². The number of aromatic carboxylic acids is 1. The Morgan fingerprint density at radius 3 is 2.28 bits per heavy atom. The quantitative estimate of drug-likeness (QED) is 0.136. The van der Waals surface area contributed by atoms with E-state index in [0.29, 0.717) is 34.9 Å². The number of carbonyl (C=O) groups excluding carboxylic acids is 1. The first kappa shape index (κ1) is 26.7. The van der Waals surface area contributed by atoms with Crippen LogP contribution in [0.2, 0.25) is 0 Å². The molecule has 0 fully saturated rings. The Morgan fingerprint density at radius 1 is 0.923 bits per heavy atom. The van der Waals surface area contributed by atoms with Crippen molar-refractivity contribution in [2.45, 2.75) is 12.6 Å². The van der Waals surface area contributed by atoms with E-state index in [1.54, 1.807) is 54.6 Å². The monoisotopic (exact) mass is 524 g/mol. The lowest BCUT2D eigenvalue weighted by Crippen LogP contribution is -2.28. The molecule has 1 unspecified atom stereocenters. The number of rotatable bonds is 11. The highest BCUT2D eigenvalue weighted by Crippen LogP contribution is 2.33. The number of carboxylic acid groups (broad SMARTS) is 1. The Morgan fingerprint density at radius 2 is 1.62 bits per heavy atom. The number of methoxy groups -OCH3 is 1. The summed E-state index contributed by atoms with van der Waals surface area (Å²) in [5.41, 5.74) is 8.38. The second-order valence-corrected chi connectivity index (χ2v) is 8.59. The van der Waals surface area contributed by atoms with E-state index in [-0.39, 0.29) is 17.1 Å². The Hall–Kier alpha value is -5.31. The number of anilines is 2. The summed E-state index contributed by atoms with van der Waals surface area (Å²) in [4.78, 5) is 25.3. The van der Waals surface area contributed by atoms with Gasteiger partial charge in [0.2, 0.25) is 0 Å². The Kier molecular flexibility index (Phi) is 8.43. The van der Waals surface area contributed by atoms with Crippen LogP contribution in [0.15, 0.2) is 97.1 Å². The highest BCUT2D eigenvalue weighted by molar-refractivity contribution is 6.03. The molecule has 9 heteroatoms. The van der Waals surface area contributed by atoms with Gasteiger partial charge in [-0.3, -0.25) is 10.2 Å². The number of hydrogen-bond acceptors (Lipinski definition) is 6. The van der Waals surface area contributed by atoms with Crippen molar-refractivity contribution in [3.8, 4) is 11.5 Å². The lowest BCUT2D eigenvalue weighted by Gasteiger charge is -2.22. The maximum atomic E-state index is 13.6. The van der Waals surface area contributed by atoms with Crippen molar-refractivity contribution in [1.29, 1.82) is 5.41 Å². The van der Waals surface area contributed by atoms with E-state index in [1.807, 2.05) is 30.3 Å². The van der Waals surface area contributed by atoms with Crippen molar-refractivity contribution >= 4 is 29.1 Å². The van der Waals surface area contributed by atoms with E-state index in [9.17, 15) is 14.7 Å². The van der Waals surface area contributed by atoms with Crippen molar-refractivity contribution in [3.05, 3.63) is 119 Å². The van der Waals surface area contributed by atoms with Gasteiger partial charge in [-0.2, -0.15) is 0 Å². The number of para-hydroxylation sites is 1. The number of nitrogens with two attached hydrogens (primary N) is 1. The van der Waals surface area contributed by atoms with Gasteiger partial charge in [-0.15, -0.1) is 0 Å². The standard InChI is InChI=1S/C30H28N4O5/c1-38-26-17-21(13-16-25(26)39-18-19-7-3-2-4-8-19)27(33-22-14-11-20(12-15-22)28(31)32)29(35)34-24-10-6-5-9-23(24)30(36)37/h2-17,27,33H,18H2,1H3,(H3,31,32)(H,34,35)(H,36,37). The zero-order chi connectivity index (χ0) is 27.8. The molecule has 0 bridgehead atoms. The van der Waals surface area contributed by atoms with Gasteiger partial charge in [-0.1, -0.05) is 48.5 Å². The minimum Gasteiger partial charge on any atom is -0.493 e. The van der Waals surface area contributed by atoms with E-state index in [1.165, 1.54) is 19.2 Å². The molecule has 1 atom stereocenters. The maximum absolute atomic E-state index is 13.6. The van der Waals surface area contributed by atoms with Crippen LogP contribution in [-0.4, -0.2) is 29.9 Å².